The van der Waals surface area contributed by atoms with Crippen molar-refractivity contribution in [2.45, 2.75) is 26.2 Å². The van der Waals surface area contributed by atoms with Gasteiger partial charge in [-0.25, -0.2) is 39.9 Å². The first-order valence-corrected chi connectivity index (χ1v) is 36.9. The van der Waals surface area contributed by atoms with Crippen LogP contribution in [0.15, 0.2) is 355 Å². The quantitative estimate of drug-likeness (QED) is 0.123. The van der Waals surface area contributed by atoms with Crippen LogP contribution in [0, 0.1) is 0 Å². The van der Waals surface area contributed by atoms with Crippen molar-refractivity contribution in [3.05, 3.63) is 352 Å². The third-order valence-electron chi connectivity index (χ3n) is 20.8. The fourth-order valence-electron chi connectivity index (χ4n) is 15.4. The van der Waals surface area contributed by atoms with Crippen LogP contribution in [0.1, 0.15) is 26.3 Å². The van der Waals surface area contributed by atoms with E-state index in [9.17, 15) is 0 Å². The first kappa shape index (κ1) is 64.9. The molecule has 0 saturated heterocycles. The molecule has 0 saturated carbocycles. The Kier molecular flexibility index (Phi) is 15.8. The lowest BCUT2D eigenvalue weighted by Gasteiger charge is -2.19. The van der Waals surface area contributed by atoms with Crippen molar-refractivity contribution in [2.75, 3.05) is 0 Å². The summed E-state index contributed by atoms with van der Waals surface area (Å²) < 4.78 is 17.4. The van der Waals surface area contributed by atoms with Crippen molar-refractivity contribution < 1.29 is 8.83 Å². The van der Waals surface area contributed by atoms with E-state index in [1.807, 2.05) is 122 Å². The lowest BCUT2D eigenvalue weighted by atomic mass is 9.87. The molecule has 0 bridgehead atoms. The zero-order valence-electron chi connectivity index (χ0n) is 60.2. The van der Waals surface area contributed by atoms with Gasteiger partial charge >= 0.3 is 0 Å². The monoisotopic (exact) mass is 1410 g/mol. The van der Waals surface area contributed by atoms with Gasteiger partial charge in [0.05, 0.1) is 33.2 Å². The van der Waals surface area contributed by atoms with E-state index >= 15 is 0 Å². The van der Waals surface area contributed by atoms with Crippen LogP contribution >= 0.6 is 0 Å². The molecule has 0 aliphatic heterocycles. The van der Waals surface area contributed by atoms with Gasteiger partial charge in [-0.1, -0.05) is 282 Å². The summed E-state index contributed by atoms with van der Waals surface area (Å²) in [5.41, 5.74) is 20.8. The summed E-state index contributed by atoms with van der Waals surface area (Å²) in [4.78, 5) is 40.6. The first-order valence-electron chi connectivity index (χ1n) is 36.9. The molecule has 110 heavy (non-hydrogen) atoms. The minimum Gasteiger partial charge on any atom is -0.455 e. The van der Waals surface area contributed by atoms with Crippen molar-refractivity contribution in [3.8, 4) is 113 Å². The molecule has 12 nitrogen and oxygen atoms in total. The standard InChI is InChI=1S/C50H31N5O.C48H35N5O/c1-3-13-32(14-4-1)33-24-26-35(27-25-33)48-52-47(34-15-5-2-6-16-34)53-49(54-48)41-21-12-30-51-50(41)55-43-22-9-7-17-38(43)42-31-36(28-29-44(42)55)37-19-11-20-40-39-18-8-10-23-45(39)56-46(37)40;1-48(2,3)33-25-22-31(23-26-33)45-50-44(30-13-5-4-6-14-30)51-46(52-45)38-19-12-28-49-47(38)53-40-20-9-7-15-35(40)39-29-32(24-27-41(39)53)34-17-11-18-37-36-16-8-10-21-42(36)54-43(34)37/h1-31H;4-29H,1-3H3. The number of benzene rings is 13. The van der Waals surface area contributed by atoms with Gasteiger partial charge in [-0.15, -0.1) is 0 Å². The molecule has 21 aromatic rings. The van der Waals surface area contributed by atoms with Gasteiger partial charge in [-0.2, -0.15) is 0 Å². The second-order valence-electron chi connectivity index (χ2n) is 28.6. The van der Waals surface area contributed by atoms with Crippen molar-refractivity contribution in [3.63, 3.8) is 0 Å². The summed E-state index contributed by atoms with van der Waals surface area (Å²) in [6, 6.07) is 115. The van der Waals surface area contributed by atoms with E-state index in [-0.39, 0.29) is 5.41 Å². The predicted octanol–water partition coefficient (Wildman–Crippen LogP) is 24.8. The van der Waals surface area contributed by atoms with Crippen LogP contribution in [-0.4, -0.2) is 49.0 Å². The Morgan fingerprint density at radius 3 is 0.991 bits per heavy atom. The van der Waals surface area contributed by atoms with E-state index in [2.05, 4.69) is 254 Å². The molecule has 0 radical (unpaired) electrons. The molecule has 0 N–H and O–H groups in total. The second kappa shape index (κ2) is 26.8. The number of aromatic nitrogens is 10. The van der Waals surface area contributed by atoms with Crippen LogP contribution in [0.2, 0.25) is 0 Å². The average molecular weight is 1420 g/mol. The number of para-hydroxylation sites is 6. The largest absolute Gasteiger partial charge is 0.455 e. The molecule has 0 atom stereocenters. The third kappa shape index (κ3) is 11.5. The number of hydrogen-bond acceptors (Lipinski definition) is 10. The number of rotatable bonds is 11. The maximum absolute atomic E-state index is 6.45. The molecule has 0 aliphatic carbocycles. The Morgan fingerprint density at radius 2 is 0.555 bits per heavy atom. The predicted molar refractivity (Wildman–Crippen MR) is 446 cm³/mol. The molecule has 8 aromatic heterocycles. The second-order valence-corrected chi connectivity index (χ2v) is 28.6. The molecular formula is C98H66N10O2. The van der Waals surface area contributed by atoms with Gasteiger partial charge in [0.1, 0.15) is 34.0 Å². The van der Waals surface area contributed by atoms with E-state index in [1.165, 1.54) is 5.56 Å². The minimum atomic E-state index is 0.0342. The number of pyridine rings is 2. The first-order chi connectivity index (χ1) is 54.2. The molecule has 12 heteroatoms. The molecule has 0 spiro atoms. The number of hydrogen-bond donors (Lipinski definition) is 0. The van der Waals surface area contributed by atoms with Crippen molar-refractivity contribution >= 4 is 87.5 Å². The highest BCUT2D eigenvalue weighted by molar-refractivity contribution is 6.15. The molecule has 21 rings (SSSR count). The van der Waals surface area contributed by atoms with Gasteiger partial charge in [-0.05, 0) is 106 Å². The fraction of sp³-hybridized carbons (Fsp3) is 0.0408. The highest BCUT2D eigenvalue weighted by atomic mass is 16.3. The maximum Gasteiger partial charge on any atom is 0.167 e. The van der Waals surface area contributed by atoms with E-state index in [0.717, 1.165) is 166 Å². The van der Waals surface area contributed by atoms with E-state index in [1.54, 1.807) is 0 Å². The van der Waals surface area contributed by atoms with E-state index in [4.69, 9.17) is 48.7 Å². The van der Waals surface area contributed by atoms with E-state index < -0.39 is 0 Å². The Balaban J connectivity index is 0.000000144. The number of furan rings is 2. The molecular weight excluding hydrogens is 1350 g/mol. The number of nitrogens with zero attached hydrogens (tertiary/aromatic N) is 10. The Morgan fingerprint density at radius 1 is 0.236 bits per heavy atom. The smallest absolute Gasteiger partial charge is 0.167 e. The highest BCUT2D eigenvalue weighted by Gasteiger charge is 2.25. The normalized spacial score (nSPS) is 11.8. The van der Waals surface area contributed by atoms with Gasteiger partial charge in [0.2, 0.25) is 0 Å². The molecule has 13 aromatic carbocycles. The van der Waals surface area contributed by atoms with Gasteiger partial charge in [0, 0.05) is 88.9 Å². The van der Waals surface area contributed by atoms with Crippen LogP contribution in [0.4, 0.5) is 0 Å². The van der Waals surface area contributed by atoms with Gasteiger partial charge < -0.3 is 8.83 Å². The summed E-state index contributed by atoms with van der Waals surface area (Å²) in [6.45, 7) is 6.66. The van der Waals surface area contributed by atoms with Crippen LogP contribution in [-0.2, 0) is 5.41 Å². The minimum absolute atomic E-state index is 0.0342. The SMILES string of the molecule is CC(C)(C)c1ccc(-c2nc(-c3ccccc3)nc(-c3cccnc3-n3c4ccccc4c4cc(-c5cccc6c5oc5ccccc56)ccc43)n2)cc1.c1ccc(-c2ccc(-c3nc(-c4ccccc4)nc(-c4cccnc4-n4c5ccccc5c5cc(-c6cccc7c6oc6ccccc67)ccc54)n3)cc2)cc1. The Hall–Kier alpha value is -14.6. The fourth-order valence-corrected chi connectivity index (χ4v) is 15.4. The summed E-state index contributed by atoms with van der Waals surface area (Å²) >= 11 is 0. The van der Waals surface area contributed by atoms with Crippen molar-refractivity contribution in [1.29, 1.82) is 0 Å². The van der Waals surface area contributed by atoms with Crippen LogP contribution in [0.25, 0.3) is 201 Å². The summed E-state index contributed by atoms with van der Waals surface area (Å²) in [7, 11) is 0. The van der Waals surface area contributed by atoms with Crippen LogP contribution in [0.5, 0.6) is 0 Å². The highest BCUT2D eigenvalue weighted by Crippen LogP contribution is 2.44. The van der Waals surface area contributed by atoms with Crippen molar-refractivity contribution in [2.24, 2.45) is 0 Å². The average Bonchev–Trinajstić information content (AvgIpc) is 1.58. The lowest BCUT2D eigenvalue weighted by Crippen LogP contribution is -2.10. The molecule has 0 aliphatic rings. The van der Waals surface area contributed by atoms with Gasteiger partial charge in [-0.3, -0.25) is 9.13 Å². The summed E-state index contributed by atoms with van der Waals surface area (Å²) in [6.07, 6.45) is 3.67. The van der Waals surface area contributed by atoms with E-state index in [0.29, 0.717) is 34.9 Å². The zero-order valence-corrected chi connectivity index (χ0v) is 60.2. The van der Waals surface area contributed by atoms with Gasteiger partial charge in [0.15, 0.2) is 34.9 Å². The summed E-state index contributed by atoms with van der Waals surface area (Å²) in [5, 5.41) is 8.94. The Bertz CT molecular complexity index is 7120. The van der Waals surface area contributed by atoms with Crippen LogP contribution in [0.3, 0.4) is 0 Å². The molecule has 520 valence electrons. The maximum atomic E-state index is 6.45. The zero-order chi connectivity index (χ0) is 73.4. The van der Waals surface area contributed by atoms with Crippen LogP contribution < -0.4 is 0 Å². The molecule has 0 amide bonds. The lowest BCUT2D eigenvalue weighted by molar-refractivity contribution is 0.590. The molecule has 0 unspecified atom stereocenters. The number of fused-ring (bicyclic) bond motifs is 12. The van der Waals surface area contributed by atoms with Gasteiger partial charge in [0.25, 0.3) is 0 Å². The summed E-state index contributed by atoms with van der Waals surface area (Å²) in [5.74, 6) is 4.99. The third-order valence-corrected chi connectivity index (χ3v) is 20.8. The Labute approximate surface area is 632 Å². The van der Waals surface area contributed by atoms with Crippen molar-refractivity contribution in [1.82, 2.24) is 49.0 Å². The topological polar surface area (TPSA) is 139 Å². The molecule has 0 fully saturated rings. The molecule has 8 heterocycles.